The minimum absolute atomic E-state index is 0.360. The van der Waals surface area contributed by atoms with Gasteiger partial charge in [-0.1, -0.05) is 27.7 Å². The molecule has 116 valence electrons. The van der Waals surface area contributed by atoms with Crippen molar-refractivity contribution in [3.8, 4) is 0 Å². The lowest BCUT2D eigenvalue weighted by atomic mass is 9.89. The summed E-state index contributed by atoms with van der Waals surface area (Å²) >= 11 is 0. The van der Waals surface area contributed by atoms with Gasteiger partial charge in [-0.05, 0) is 37.0 Å². The van der Waals surface area contributed by atoms with Gasteiger partial charge in [0, 0.05) is 38.6 Å². The van der Waals surface area contributed by atoms with Crippen LogP contribution in [0.25, 0.3) is 0 Å². The molecule has 0 aromatic rings. The van der Waals surface area contributed by atoms with Crippen LogP contribution < -0.4 is 0 Å². The van der Waals surface area contributed by atoms with E-state index in [0.29, 0.717) is 24.3 Å². The van der Waals surface area contributed by atoms with E-state index in [1.54, 1.807) is 0 Å². The average Bonchev–Trinajstić information content (AvgIpc) is 2.37. The molecule has 2 aliphatic heterocycles. The molecule has 2 aliphatic rings. The molecule has 2 atom stereocenters. The number of hydrogen-bond donors (Lipinski definition) is 0. The quantitative estimate of drug-likeness (QED) is 0.793. The lowest BCUT2D eigenvalue weighted by molar-refractivity contribution is -0.133. The van der Waals surface area contributed by atoms with E-state index in [9.17, 15) is 4.79 Å². The Labute approximate surface area is 124 Å². The topological polar surface area (TPSA) is 23.6 Å². The Morgan fingerprint density at radius 1 is 1.10 bits per heavy atom. The Kier molecular flexibility index (Phi) is 5.48. The molecule has 0 N–H and O–H groups in total. The summed E-state index contributed by atoms with van der Waals surface area (Å²) in [4.78, 5) is 16.9. The lowest BCUT2D eigenvalue weighted by Gasteiger charge is -2.43. The van der Waals surface area contributed by atoms with Gasteiger partial charge in [0.15, 0.2) is 0 Å². The molecule has 20 heavy (non-hydrogen) atoms. The smallest absolute Gasteiger partial charge is 0.222 e. The van der Waals surface area contributed by atoms with Crippen molar-refractivity contribution in [2.45, 2.75) is 59.4 Å². The zero-order valence-corrected chi connectivity index (χ0v) is 13.8. The van der Waals surface area contributed by atoms with Crippen molar-refractivity contribution in [3.63, 3.8) is 0 Å². The summed E-state index contributed by atoms with van der Waals surface area (Å²) in [5, 5.41) is 0. The molecule has 2 fully saturated rings. The molecule has 0 aliphatic carbocycles. The van der Waals surface area contributed by atoms with E-state index in [1.165, 1.54) is 32.4 Å². The fourth-order valence-corrected chi connectivity index (χ4v) is 3.97. The Hall–Kier alpha value is -0.570. The van der Waals surface area contributed by atoms with Gasteiger partial charge in [-0.15, -0.1) is 0 Å². The number of nitrogens with zero attached hydrogens (tertiary/aromatic N) is 2. The van der Waals surface area contributed by atoms with E-state index in [-0.39, 0.29) is 0 Å². The third kappa shape index (κ3) is 4.21. The van der Waals surface area contributed by atoms with Crippen LogP contribution in [0.4, 0.5) is 0 Å². The second kappa shape index (κ2) is 6.93. The molecule has 0 aromatic heterocycles. The highest BCUT2D eigenvalue weighted by atomic mass is 16.2. The van der Waals surface area contributed by atoms with Crippen LogP contribution in [0.3, 0.4) is 0 Å². The van der Waals surface area contributed by atoms with E-state index in [0.717, 1.165) is 24.9 Å². The Morgan fingerprint density at radius 3 is 2.15 bits per heavy atom. The van der Waals surface area contributed by atoms with E-state index >= 15 is 0 Å². The molecule has 0 saturated carbocycles. The van der Waals surface area contributed by atoms with E-state index in [2.05, 4.69) is 37.5 Å². The summed E-state index contributed by atoms with van der Waals surface area (Å²) in [6.45, 7) is 13.5. The SMILES string of the molecule is CC(C)CC(=O)N1CCC(N2C[C@H](C)C[C@@H](C)C2)CC1. The Morgan fingerprint density at radius 2 is 1.65 bits per heavy atom. The third-order valence-electron chi connectivity index (χ3n) is 4.81. The highest BCUT2D eigenvalue weighted by Crippen LogP contribution is 2.26. The number of piperidine rings is 2. The minimum atomic E-state index is 0.360. The first-order valence-corrected chi connectivity index (χ1v) is 8.47. The minimum Gasteiger partial charge on any atom is -0.343 e. The van der Waals surface area contributed by atoms with Crippen LogP contribution in [0.15, 0.2) is 0 Å². The molecular weight excluding hydrogens is 248 g/mol. The molecule has 3 heteroatoms. The first-order chi connectivity index (χ1) is 9.45. The molecule has 0 radical (unpaired) electrons. The van der Waals surface area contributed by atoms with Gasteiger partial charge in [0.2, 0.25) is 5.91 Å². The predicted octanol–water partition coefficient (Wildman–Crippen LogP) is 3.00. The van der Waals surface area contributed by atoms with Crippen molar-refractivity contribution in [2.75, 3.05) is 26.2 Å². The second-order valence-electron chi connectivity index (χ2n) is 7.61. The first kappa shape index (κ1) is 15.8. The number of amides is 1. The molecule has 1 amide bonds. The molecule has 2 heterocycles. The predicted molar refractivity (Wildman–Crippen MR) is 83.6 cm³/mol. The lowest BCUT2D eigenvalue weighted by Crippen LogP contribution is -2.50. The maximum Gasteiger partial charge on any atom is 0.222 e. The number of rotatable bonds is 3. The van der Waals surface area contributed by atoms with Crippen molar-refractivity contribution in [2.24, 2.45) is 17.8 Å². The van der Waals surface area contributed by atoms with Crippen LogP contribution in [0.1, 0.15) is 53.4 Å². The maximum atomic E-state index is 12.1. The summed E-state index contributed by atoms with van der Waals surface area (Å²) in [6.07, 6.45) is 4.43. The van der Waals surface area contributed by atoms with E-state index < -0.39 is 0 Å². The molecular formula is C17H32N2O. The van der Waals surface area contributed by atoms with Gasteiger partial charge >= 0.3 is 0 Å². The fourth-order valence-electron chi connectivity index (χ4n) is 3.97. The molecule has 2 saturated heterocycles. The second-order valence-corrected chi connectivity index (χ2v) is 7.61. The van der Waals surface area contributed by atoms with Crippen LogP contribution in [0, 0.1) is 17.8 Å². The van der Waals surface area contributed by atoms with Crippen molar-refractivity contribution in [1.29, 1.82) is 0 Å². The van der Waals surface area contributed by atoms with Crippen LogP contribution in [0.2, 0.25) is 0 Å². The highest BCUT2D eigenvalue weighted by Gasteiger charge is 2.31. The maximum absolute atomic E-state index is 12.1. The molecule has 0 unspecified atom stereocenters. The van der Waals surface area contributed by atoms with E-state index in [4.69, 9.17) is 0 Å². The van der Waals surface area contributed by atoms with Crippen molar-refractivity contribution >= 4 is 5.91 Å². The Bertz CT molecular complexity index is 311. The summed E-state index contributed by atoms with van der Waals surface area (Å²) in [5.41, 5.74) is 0. The Balaban J connectivity index is 1.80. The van der Waals surface area contributed by atoms with Gasteiger partial charge < -0.3 is 4.90 Å². The molecule has 3 nitrogen and oxygen atoms in total. The van der Waals surface area contributed by atoms with Crippen LogP contribution in [-0.2, 0) is 4.79 Å². The van der Waals surface area contributed by atoms with Gasteiger partial charge in [0.05, 0.1) is 0 Å². The third-order valence-corrected chi connectivity index (χ3v) is 4.81. The zero-order valence-electron chi connectivity index (χ0n) is 13.8. The summed E-state index contributed by atoms with van der Waals surface area (Å²) in [6, 6.07) is 0.711. The van der Waals surface area contributed by atoms with Gasteiger partial charge in [-0.2, -0.15) is 0 Å². The van der Waals surface area contributed by atoms with Crippen LogP contribution in [0.5, 0.6) is 0 Å². The first-order valence-electron chi connectivity index (χ1n) is 8.47. The average molecular weight is 280 g/mol. The fraction of sp³-hybridized carbons (Fsp3) is 0.941. The van der Waals surface area contributed by atoms with Gasteiger partial charge in [-0.3, -0.25) is 9.69 Å². The number of carbonyl (C=O) groups is 1. The van der Waals surface area contributed by atoms with Crippen LogP contribution in [-0.4, -0.2) is 47.9 Å². The van der Waals surface area contributed by atoms with Gasteiger partial charge in [0.1, 0.15) is 0 Å². The van der Waals surface area contributed by atoms with Crippen molar-refractivity contribution in [1.82, 2.24) is 9.80 Å². The highest BCUT2D eigenvalue weighted by molar-refractivity contribution is 5.76. The zero-order chi connectivity index (χ0) is 14.7. The largest absolute Gasteiger partial charge is 0.343 e. The molecule has 0 aromatic carbocycles. The number of likely N-dealkylation sites (tertiary alicyclic amines) is 2. The number of carbonyl (C=O) groups excluding carboxylic acids is 1. The summed E-state index contributed by atoms with van der Waals surface area (Å²) < 4.78 is 0. The van der Waals surface area contributed by atoms with Crippen LogP contribution >= 0.6 is 0 Å². The van der Waals surface area contributed by atoms with Gasteiger partial charge in [0.25, 0.3) is 0 Å². The standard InChI is InChI=1S/C17H32N2O/c1-13(2)9-17(20)18-7-5-16(6-8-18)19-11-14(3)10-15(4)12-19/h13-16H,5-12H2,1-4H3/t14-,15-/m1/s1. The molecule has 0 spiro atoms. The number of hydrogen-bond acceptors (Lipinski definition) is 2. The van der Waals surface area contributed by atoms with E-state index in [1.807, 2.05) is 0 Å². The molecule has 2 rings (SSSR count). The van der Waals surface area contributed by atoms with Gasteiger partial charge in [-0.25, -0.2) is 0 Å². The summed E-state index contributed by atoms with van der Waals surface area (Å²) in [7, 11) is 0. The van der Waals surface area contributed by atoms with Crippen molar-refractivity contribution in [3.05, 3.63) is 0 Å². The monoisotopic (exact) mass is 280 g/mol. The molecule has 0 bridgehead atoms. The van der Waals surface area contributed by atoms with Crippen molar-refractivity contribution < 1.29 is 4.79 Å². The summed E-state index contributed by atoms with van der Waals surface area (Å²) in [5.74, 6) is 2.50. The normalized spacial score (nSPS) is 29.9.